The van der Waals surface area contributed by atoms with Gasteiger partial charge in [0.15, 0.2) is 0 Å². The first-order valence-electron chi connectivity index (χ1n) is 12.9. The number of carboxylic acid groups (broad SMARTS) is 1. The Kier molecular flexibility index (Phi) is 7.65. The maximum absolute atomic E-state index is 12.9. The van der Waals surface area contributed by atoms with Crippen LogP contribution >= 0.6 is 11.8 Å². The van der Waals surface area contributed by atoms with Crippen molar-refractivity contribution in [3.8, 4) is 11.1 Å². The highest BCUT2D eigenvalue weighted by Gasteiger charge is 2.40. The molecule has 5 rings (SSSR count). The number of imide groups is 1. The van der Waals surface area contributed by atoms with Gasteiger partial charge in [-0.3, -0.25) is 24.1 Å². The van der Waals surface area contributed by atoms with Crippen molar-refractivity contribution in [2.45, 2.75) is 49.7 Å². The van der Waals surface area contributed by atoms with Gasteiger partial charge in [-0.2, -0.15) is 0 Å². The molecule has 37 heavy (non-hydrogen) atoms. The van der Waals surface area contributed by atoms with Crippen molar-refractivity contribution in [2.75, 3.05) is 18.9 Å². The third-order valence-electron chi connectivity index (χ3n) is 7.81. The molecule has 2 aromatic carbocycles. The lowest BCUT2D eigenvalue weighted by Crippen LogP contribution is -2.37. The fourth-order valence-corrected chi connectivity index (χ4v) is 6.93. The summed E-state index contributed by atoms with van der Waals surface area (Å²) in [5.41, 5.74) is 4.79. The number of fused-ring (bicyclic) bond motifs is 3. The van der Waals surface area contributed by atoms with E-state index < -0.39 is 11.2 Å². The number of aliphatic carboxylic acids is 1. The number of ether oxygens (including phenoxy) is 1. The minimum atomic E-state index is -0.908. The molecule has 8 heteroatoms. The maximum atomic E-state index is 12.9. The van der Waals surface area contributed by atoms with Gasteiger partial charge in [-0.1, -0.05) is 48.5 Å². The second-order valence-electron chi connectivity index (χ2n) is 10.1. The maximum Gasteiger partial charge on any atom is 0.308 e. The lowest BCUT2D eigenvalue weighted by atomic mass is 9.82. The molecule has 3 aliphatic rings. The van der Waals surface area contributed by atoms with Gasteiger partial charge in [0.25, 0.3) is 0 Å². The van der Waals surface area contributed by atoms with E-state index in [1.165, 1.54) is 38.9 Å². The predicted octanol–water partition coefficient (Wildman–Crippen LogP) is 4.48. The second-order valence-corrected chi connectivity index (χ2v) is 11.4. The van der Waals surface area contributed by atoms with E-state index in [0.29, 0.717) is 31.7 Å². The minimum absolute atomic E-state index is 0.0253. The molecule has 0 bridgehead atoms. The molecule has 0 aromatic heterocycles. The number of thioether (sulfide) groups is 1. The summed E-state index contributed by atoms with van der Waals surface area (Å²) >= 11 is 1.25. The Hall–Kier alpha value is -3.13. The number of carbonyl (C=O) groups is 4. The highest BCUT2D eigenvalue weighted by Crippen LogP contribution is 2.44. The number of rotatable bonds is 9. The van der Waals surface area contributed by atoms with Crippen molar-refractivity contribution >= 4 is 35.5 Å². The third-order valence-corrected chi connectivity index (χ3v) is 9.02. The van der Waals surface area contributed by atoms with Crippen LogP contribution in [-0.2, 0) is 23.9 Å². The molecule has 2 aliphatic carbocycles. The summed E-state index contributed by atoms with van der Waals surface area (Å²) in [5, 5.41) is 8.31. The molecular weight excluding hydrogens is 490 g/mol. The standard InChI is InChI=1S/C29H31NO6S/c31-26-15-25(37-14-13-27(32)33)28(34)30(26)16-18-9-11-19(12-10-18)29(35)36-17-24-22-7-3-1-5-20(22)21-6-2-4-8-23(21)24/h1-8,18-19,24-25H,9-17H2,(H,32,33). The minimum Gasteiger partial charge on any atom is -0.481 e. The van der Waals surface area contributed by atoms with Crippen LogP contribution < -0.4 is 0 Å². The molecule has 2 amide bonds. The first kappa shape index (κ1) is 25.5. The van der Waals surface area contributed by atoms with E-state index >= 15 is 0 Å². The van der Waals surface area contributed by atoms with Crippen LogP contribution in [0.2, 0.25) is 0 Å². The zero-order valence-electron chi connectivity index (χ0n) is 20.6. The summed E-state index contributed by atoms with van der Waals surface area (Å²) < 4.78 is 5.85. The molecule has 7 nitrogen and oxygen atoms in total. The van der Waals surface area contributed by atoms with Gasteiger partial charge >= 0.3 is 11.9 Å². The van der Waals surface area contributed by atoms with Crippen LogP contribution in [0.5, 0.6) is 0 Å². The Balaban J connectivity index is 1.10. The molecular formula is C29H31NO6S. The largest absolute Gasteiger partial charge is 0.481 e. The van der Waals surface area contributed by atoms with E-state index in [9.17, 15) is 19.2 Å². The van der Waals surface area contributed by atoms with Gasteiger partial charge in [0.05, 0.1) is 17.6 Å². The van der Waals surface area contributed by atoms with Crippen molar-refractivity contribution in [1.82, 2.24) is 4.90 Å². The molecule has 0 radical (unpaired) electrons. The lowest BCUT2D eigenvalue weighted by Gasteiger charge is -2.30. The number of likely N-dealkylation sites (tertiary alicyclic amines) is 1. The molecule has 1 saturated carbocycles. The number of carboxylic acids is 1. The zero-order chi connectivity index (χ0) is 25.9. The second kappa shape index (κ2) is 11.1. The molecule has 1 unspecified atom stereocenters. The van der Waals surface area contributed by atoms with Crippen LogP contribution in [0, 0.1) is 11.8 Å². The van der Waals surface area contributed by atoms with Crippen LogP contribution in [-0.4, -0.2) is 57.9 Å². The van der Waals surface area contributed by atoms with Gasteiger partial charge in [0.2, 0.25) is 11.8 Å². The van der Waals surface area contributed by atoms with E-state index in [4.69, 9.17) is 9.84 Å². The lowest BCUT2D eigenvalue weighted by molar-refractivity contribution is -0.151. The Labute approximate surface area is 220 Å². The fourth-order valence-electron chi connectivity index (χ4n) is 5.82. The summed E-state index contributed by atoms with van der Waals surface area (Å²) in [5.74, 6) is -1.09. The first-order valence-corrected chi connectivity index (χ1v) is 14.0. The summed E-state index contributed by atoms with van der Waals surface area (Å²) in [6.07, 6.45) is 3.02. The monoisotopic (exact) mass is 521 g/mol. The topological polar surface area (TPSA) is 101 Å². The molecule has 1 saturated heterocycles. The zero-order valence-corrected chi connectivity index (χ0v) is 21.5. The number of amides is 2. The molecule has 0 spiro atoms. The summed E-state index contributed by atoms with van der Waals surface area (Å²) in [6, 6.07) is 16.5. The fraction of sp³-hybridized carbons (Fsp3) is 0.448. The average molecular weight is 522 g/mol. The number of hydrogen-bond donors (Lipinski definition) is 1. The highest BCUT2D eigenvalue weighted by atomic mass is 32.2. The van der Waals surface area contributed by atoms with Gasteiger partial charge in [-0.15, -0.1) is 11.8 Å². The number of hydrogen-bond acceptors (Lipinski definition) is 6. The van der Waals surface area contributed by atoms with Gasteiger partial charge in [-0.25, -0.2) is 0 Å². The van der Waals surface area contributed by atoms with Crippen LogP contribution in [0.25, 0.3) is 11.1 Å². The van der Waals surface area contributed by atoms with Crippen molar-refractivity contribution < 1.29 is 29.0 Å². The SMILES string of the molecule is O=C(O)CCSC1CC(=O)N(CC2CCC(C(=O)OCC3c4ccccc4-c4ccccc43)CC2)C1=O. The molecule has 1 aliphatic heterocycles. The molecule has 2 fully saturated rings. The van der Waals surface area contributed by atoms with Crippen LogP contribution in [0.1, 0.15) is 55.6 Å². The Morgan fingerprint density at radius 1 is 0.946 bits per heavy atom. The van der Waals surface area contributed by atoms with Crippen molar-refractivity contribution in [3.05, 3.63) is 59.7 Å². The van der Waals surface area contributed by atoms with Crippen molar-refractivity contribution in [3.63, 3.8) is 0 Å². The molecule has 1 atom stereocenters. The molecule has 1 heterocycles. The van der Waals surface area contributed by atoms with Crippen LogP contribution in [0.15, 0.2) is 48.5 Å². The summed E-state index contributed by atoms with van der Waals surface area (Å²) in [6.45, 7) is 0.704. The van der Waals surface area contributed by atoms with E-state index in [-0.39, 0.29) is 48.4 Å². The van der Waals surface area contributed by atoms with Gasteiger partial charge < -0.3 is 9.84 Å². The molecule has 1 N–H and O–H groups in total. The van der Waals surface area contributed by atoms with Gasteiger partial charge in [-0.05, 0) is 53.9 Å². The number of benzene rings is 2. The van der Waals surface area contributed by atoms with Crippen molar-refractivity contribution in [2.24, 2.45) is 11.8 Å². The Bertz CT molecular complexity index is 1160. The first-order chi connectivity index (χ1) is 17.9. The quantitative estimate of drug-likeness (QED) is 0.383. The summed E-state index contributed by atoms with van der Waals surface area (Å²) in [4.78, 5) is 50.1. The van der Waals surface area contributed by atoms with Crippen LogP contribution in [0.3, 0.4) is 0 Å². The smallest absolute Gasteiger partial charge is 0.308 e. The molecule has 2 aromatic rings. The Morgan fingerprint density at radius 2 is 1.57 bits per heavy atom. The predicted molar refractivity (Wildman–Crippen MR) is 140 cm³/mol. The van der Waals surface area contributed by atoms with E-state index in [1.807, 2.05) is 24.3 Å². The van der Waals surface area contributed by atoms with Gasteiger partial charge in [0.1, 0.15) is 6.61 Å². The normalized spacial score (nSPS) is 23.1. The Morgan fingerprint density at radius 3 is 2.19 bits per heavy atom. The average Bonchev–Trinajstić information content (AvgIpc) is 3.36. The number of nitrogens with zero attached hydrogens (tertiary/aromatic N) is 1. The van der Waals surface area contributed by atoms with Crippen molar-refractivity contribution in [1.29, 1.82) is 0 Å². The number of esters is 1. The van der Waals surface area contributed by atoms with Gasteiger partial charge in [0, 0.05) is 24.6 Å². The third kappa shape index (κ3) is 5.44. The highest BCUT2D eigenvalue weighted by molar-refractivity contribution is 8.00. The number of carbonyl (C=O) groups excluding carboxylic acids is 3. The molecule has 194 valence electrons. The van der Waals surface area contributed by atoms with Crippen LogP contribution in [0.4, 0.5) is 0 Å². The summed E-state index contributed by atoms with van der Waals surface area (Å²) in [7, 11) is 0. The van der Waals surface area contributed by atoms with E-state index in [2.05, 4.69) is 24.3 Å². The van der Waals surface area contributed by atoms with E-state index in [0.717, 1.165) is 12.8 Å². The van der Waals surface area contributed by atoms with E-state index in [1.54, 1.807) is 0 Å².